The molecule has 0 aromatic carbocycles. The minimum absolute atomic E-state index is 0.0417. The summed E-state index contributed by atoms with van der Waals surface area (Å²) in [4.78, 5) is 22.9. The highest BCUT2D eigenvalue weighted by Gasteiger charge is 2.35. The molecular formula is C16H18N4O2. The first kappa shape index (κ1) is 13.5. The van der Waals surface area contributed by atoms with Crippen LogP contribution in [-0.4, -0.2) is 40.4 Å². The van der Waals surface area contributed by atoms with Gasteiger partial charge in [0.05, 0.1) is 11.7 Å². The van der Waals surface area contributed by atoms with Crippen LogP contribution in [0, 0.1) is 0 Å². The van der Waals surface area contributed by atoms with Gasteiger partial charge in [-0.3, -0.25) is 9.78 Å². The first-order chi connectivity index (χ1) is 10.8. The Bertz CT molecular complexity index is 666. The van der Waals surface area contributed by atoms with Crippen molar-refractivity contribution in [1.82, 2.24) is 20.2 Å². The van der Waals surface area contributed by atoms with E-state index in [0.29, 0.717) is 24.8 Å². The normalized spacial score (nSPS) is 21.8. The van der Waals surface area contributed by atoms with Crippen LogP contribution in [0.5, 0.6) is 0 Å². The van der Waals surface area contributed by atoms with E-state index >= 15 is 0 Å². The molecule has 1 saturated carbocycles. The molecule has 1 N–H and O–H groups in total. The van der Waals surface area contributed by atoms with Crippen molar-refractivity contribution in [3.8, 4) is 0 Å². The van der Waals surface area contributed by atoms with Gasteiger partial charge < -0.3 is 14.6 Å². The summed E-state index contributed by atoms with van der Waals surface area (Å²) in [6.45, 7) is 2.09. The number of carbonyl (C=O) groups excluding carboxylic acids is 1. The molecule has 1 unspecified atom stereocenters. The van der Waals surface area contributed by atoms with Gasteiger partial charge in [0, 0.05) is 37.9 Å². The second kappa shape index (κ2) is 5.53. The first-order valence-electron chi connectivity index (χ1n) is 7.69. The molecule has 1 aliphatic carbocycles. The minimum Gasteiger partial charge on any atom is -0.438 e. The number of pyridine rings is 1. The molecular weight excluding hydrogens is 280 g/mol. The molecule has 6 nitrogen and oxygen atoms in total. The summed E-state index contributed by atoms with van der Waals surface area (Å²) in [5.74, 6) is 0.800. The number of nitrogens with one attached hydrogen (secondary N) is 1. The van der Waals surface area contributed by atoms with Crippen molar-refractivity contribution in [1.29, 1.82) is 0 Å². The van der Waals surface area contributed by atoms with E-state index in [1.807, 2.05) is 17.0 Å². The number of oxazole rings is 1. The molecule has 114 valence electrons. The van der Waals surface area contributed by atoms with E-state index in [4.69, 9.17) is 4.42 Å². The second-order valence-corrected chi connectivity index (χ2v) is 5.88. The summed E-state index contributed by atoms with van der Waals surface area (Å²) in [5, 5.41) is 3.45. The molecule has 0 radical (unpaired) electrons. The zero-order valence-electron chi connectivity index (χ0n) is 12.2. The van der Waals surface area contributed by atoms with Gasteiger partial charge in [-0.2, -0.15) is 0 Å². The quantitative estimate of drug-likeness (QED) is 0.934. The number of aromatic nitrogens is 2. The van der Waals surface area contributed by atoms with Crippen LogP contribution < -0.4 is 5.32 Å². The van der Waals surface area contributed by atoms with Gasteiger partial charge in [-0.05, 0) is 30.5 Å². The highest BCUT2D eigenvalue weighted by atomic mass is 16.3. The number of hydrogen-bond acceptors (Lipinski definition) is 5. The predicted octanol–water partition coefficient (Wildman–Crippen LogP) is 1.73. The van der Waals surface area contributed by atoms with Gasteiger partial charge >= 0.3 is 0 Å². The Morgan fingerprint density at radius 2 is 2.14 bits per heavy atom. The monoisotopic (exact) mass is 298 g/mol. The number of nitrogens with zero attached hydrogens (tertiary/aromatic N) is 3. The van der Waals surface area contributed by atoms with E-state index in [1.165, 1.54) is 6.39 Å². The smallest absolute Gasteiger partial charge is 0.291 e. The number of rotatable bonds is 3. The van der Waals surface area contributed by atoms with Crippen LogP contribution in [0.15, 0.2) is 35.3 Å². The molecule has 0 bridgehead atoms. The minimum atomic E-state index is -0.0417. The lowest BCUT2D eigenvalue weighted by atomic mass is 10.1. The first-order valence-corrected chi connectivity index (χ1v) is 7.69. The molecule has 2 aromatic rings. The largest absolute Gasteiger partial charge is 0.438 e. The number of piperazine rings is 1. The van der Waals surface area contributed by atoms with Crippen molar-refractivity contribution < 1.29 is 9.21 Å². The summed E-state index contributed by atoms with van der Waals surface area (Å²) in [5.41, 5.74) is 1.98. The molecule has 4 rings (SSSR count). The van der Waals surface area contributed by atoms with E-state index in [2.05, 4.69) is 15.3 Å². The summed E-state index contributed by atoms with van der Waals surface area (Å²) in [6.07, 6.45) is 7.16. The molecule has 22 heavy (non-hydrogen) atoms. The van der Waals surface area contributed by atoms with E-state index < -0.39 is 0 Å². The van der Waals surface area contributed by atoms with Crippen LogP contribution in [0.3, 0.4) is 0 Å². The van der Waals surface area contributed by atoms with Gasteiger partial charge in [-0.25, -0.2) is 4.98 Å². The molecule has 2 fully saturated rings. The Hall–Kier alpha value is -2.21. The van der Waals surface area contributed by atoms with Gasteiger partial charge in [0.25, 0.3) is 5.91 Å². The Morgan fingerprint density at radius 3 is 2.91 bits per heavy atom. The lowest BCUT2D eigenvalue weighted by Gasteiger charge is -2.33. The van der Waals surface area contributed by atoms with Crippen LogP contribution in [0.1, 0.15) is 46.6 Å². The third-order valence-electron chi connectivity index (χ3n) is 4.32. The molecule has 2 aromatic heterocycles. The zero-order chi connectivity index (χ0) is 14.9. The topological polar surface area (TPSA) is 71.3 Å². The number of amides is 1. The van der Waals surface area contributed by atoms with E-state index in [0.717, 1.165) is 30.6 Å². The van der Waals surface area contributed by atoms with Crippen LogP contribution in [0.2, 0.25) is 0 Å². The van der Waals surface area contributed by atoms with Crippen molar-refractivity contribution >= 4 is 5.91 Å². The molecule has 1 atom stereocenters. The Kier molecular flexibility index (Phi) is 3.38. The summed E-state index contributed by atoms with van der Waals surface area (Å²) < 4.78 is 5.39. The standard InChI is InChI=1S/C16H18N4O2/c21-16(15-14(12-1-2-12)19-10-22-15)20-8-7-18-13(9-20)11-3-5-17-6-4-11/h3-6,10,12-13,18H,1-2,7-9H2. The van der Waals surface area contributed by atoms with Crippen molar-refractivity contribution in [2.75, 3.05) is 19.6 Å². The van der Waals surface area contributed by atoms with Gasteiger partial charge in [0.15, 0.2) is 6.39 Å². The third kappa shape index (κ3) is 2.50. The molecule has 6 heteroatoms. The van der Waals surface area contributed by atoms with Crippen LogP contribution in [0.25, 0.3) is 0 Å². The van der Waals surface area contributed by atoms with Crippen molar-refractivity contribution in [2.45, 2.75) is 24.8 Å². The third-order valence-corrected chi connectivity index (χ3v) is 4.32. The highest BCUT2D eigenvalue weighted by Crippen LogP contribution is 2.41. The van der Waals surface area contributed by atoms with Crippen LogP contribution in [0.4, 0.5) is 0 Å². The maximum absolute atomic E-state index is 12.7. The fraction of sp³-hybridized carbons (Fsp3) is 0.438. The van der Waals surface area contributed by atoms with Gasteiger partial charge in [-0.15, -0.1) is 0 Å². The van der Waals surface area contributed by atoms with Crippen LogP contribution >= 0.6 is 0 Å². The maximum Gasteiger partial charge on any atom is 0.291 e. The predicted molar refractivity (Wildman–Crippen MR) is 79.4 cm³/mol. The molecule has 1 aliphatic heterocycles. The Labute approximate surface area is 128 Å². The van der Waals surface area contributed by atoms with Gasteiger partial charge in [0.2, 0.25) is 5.76 Å². The van der Waals surface area contributed by atoms with Gasteiger partial charge in [-0.1, -0.05) is 0 Å². The van der Waals surface area contributed by atoms with E-state index in [-0.39, 0.29) is 11.9 Å². The van der Waals surface area contributed by atoms with E-state index in [9.17, 15) is 4.79 Å². The fourth-order valence-electron chi connectivity index (χ4n) is 2.96. The SMILES string of the molecule is O=C(c1ocnc1C1CC1)N1CCNC(c2ccncc2)C1. The number of carbonyl (C=O) groups is 1. The molecule has 3 heterocycles. The van der Waals surface area contributed by atoms with Crippen molar-refractivity contribution in [3.05, 3.63) is 47.9 Å². The number of hydrogen-bond donors (Lipinski definition) is 1. The lowest BCUT2D eigenvalue weighted by Crippen LogP contribution is -2.48. The van der Waals surface area contributed by atoms with Crippen LogP contribution in [-0.2, 0) is 0 Å². The summed E-state index contributed by atoms with van der Waals surface area (Å²) >= 11 is 0. The molecule has 2 aliphatic rings. The molecule has 1 saturated heterocycles. The second-order valence-electron chi connectivity index (χ2n) is 5.88. The lowest BCUT2D eigenvalue weighted by molar-refractivity contribution is 0.0669. The van der Waals surface area contributed by atoms with E-state index in [1.54, 1.807) is 12.4 Å². The maximum atomic E-state index is 12.7. The van der Waals surface area contributed by atoms with Crippen molar-refractivity contribution in [3.63, 3.8) is 0 Å². The summed E-state index contributed by atoms with van der Waals surface area (Å²) in [7, 11) is 0. The Morgan fingerprint density at radius 1 is 1.32 bits per heavy atom. The van der Waals surface area contributed by atoms with Gasteiger partial charge in [0.1, 0.15) is 0 Å². The average molecular weight is 298 g/mol. The summed E-state index contributed by atoms with van der Waals surface area (Å²) in [6, 6.07) is 4.10. The zero-order valence-corrected chi connectivity index (χ0v) is 12.2. The Balaban J connectivity index is 1.52. The average Bonchev–Trinajstić information content (AvgIpc) is 3.32. The highest BCUT2D eigenvalue weighted by molar-refractivity contribution is 5.92. The molecule has 0 spiro atoms. The fourth-order valence-corrected chi connectivity index (χ4v) is 2.96. The molecule has 1 amide bonds. The van der Waals surface area contributed by atoms with Crippen molar-refractivity contribution in [2.24, 2.45) is 0 Å².